The van der Waals surface area contributed by atoms with Gasteiger partial charge in [0.15, 0.2) is 0 Å². The van der Waals surface area contributed by atoms with Crippen LogP contribution in [0, 0.1) is 10.1 Å². The van der Waals surface area contributed by atoms with Crippen LogP contribution in [0.25, 0.3) is 0 Å². The third-order valence-corrected chi connectivity index (χ3v) is 3.38. The van der Waals surface area contributed by atoms with E-state index in [0.717, 1.165) is 12.3 Å². The Hall–Kier alpha value is -2.26. The molecule has 2 N–H and O–H groups in total. The molecule has 2 rings (SSSR count). The molecule has 0 radical (unpaired) electrons. The largest absolute Gasteiger partial charge is 0.478 e. The number of anilines is 1. The van der Waals surface area contributed by atoms with Crippen LogP contribution in [0.5, 0.6) is 0 Å². The lowest BCUT2D eigenvalue weighted by atomic mass is 10.2. The zero-order valence-electron chi connectivity index (χ0n) is 11.3. The molecule has 2 heterocycles. The van der Waals surface area contributed by atoms with Crippen LogP contribution in [0.2, 0.25) is 0 Å². The number of hydrogen-bond donors (Lipinski definition) is 2. The Morgan fingerprint density at radius 3 is 2.57 bits per heavy atom. The van der Waals surface area contributed by atoms with Gasteiger partial charge in [-0.3, -0.25) is 15.0 Å². The fourth-order valence-electron chi connectivity index (χ4n) is 2.28. The van der Waals surface area contributed by atoms with Crippen molar-refractivity contribution in [3.8, 4) is 0 Å². The van der Waals surface area contributed by atoms with E-state index < -0.39 is 10.9 Å². The maximum atomic E-state index is 11.3. The Morgan fingerprint density at radius 2 is 2.05 bits per heavy atom. The first-order valence-electron chi connectivity index (χ1n) is 6.49. The summed E-state index contributed by atoms with van der Waals surface area (Å²) < 4.78 is 0. The van der Waals surface area contributed by atoms with Crippen LogP contribution >= 0.6 is 0 Å². The van der Waals surface area contributed by atoms with Crippen LogP contribution in [0.3, 0.4) is 0 Å². The molecule has 1 aliphatic heterocycles. The van der Waals surface area contributed by atoms with E-state index in [1.807, 2.05) is 0 Å². The van der Waals surface area contributed by atoms with Gasteiger partial charge in [0, 0.05) is 38.8 Å². The number of aliphatic hydroxyl groups is 1. The molecule has 1 aliphatic rings. The summed E-state index contributed by atoms with van der Waals surface area (Å²) >= 11 is 0. The van der Waals surface area contributed by atoms with Gasteiger partial charge in [-0.1, -0.05) is 0 Å². The molecule has 1 saturated heterocycles. The molecule has 0 atom stereocenters. The average molecular weight is 296 g/mol. The molecule has 0 unspecified atom stereocenters. The SMILES string of the molecule is O=C(O)c1cc([N+](=O)[O-])cnc1N1CCN(CCO)CC1. The van der Waals surface area contributed by atoms with Crippen molar-refractivity contribution < 1.29 is 19.9 Å². The molecule has 114 valence electrons. The van der Waals surface area contributed by atoms with Gasteiger partial charge in [-0.15, -0.1) is 0 Å². The summed E-state index contributed by atoms with van der Waals surface area (Å²) in [6.45, 7) is 3.14. The highest BCUT2D eigenvalue weighted by Crippen LogP contribution is 2.23. The van der Waals surface area contributed by atoms with E-state index in [-0.39, 0.29) is 23.7 Å². The van der Waals surface area contributed by atoms with Crippen LogP contribution < -0.4 is 4.90 Å². The highest BCUT2D eigenvalue weighted by Gasteiger charge is 2.24. The van der Waals surface area contributed by atoms with Gasteiger partial charge in [-0.05, 0) is 0 Å². The minimum Gasteiger partial charge on any atom is -0.478 e. The van der Waals surface area contributed by atoms with E-state index in [1.54, 1.807) is 4.90 Å². The number of β-amino-alcohol motifs (C(OH)–C–C–N with tert-alkyl or cyclic N) is 1. The normalized spacial score (nSPS) is 16.0. The Bertz CT molecular complexity index is 542. The number of nitrogens with zero attached hydrogens (tertiary/aromatic N) is 4. The number of carboxylic acids is 1. The molecule has 0 aromatic carbocycles. The highest BCUT2D eigenvalue weighted by atomic mass is 16.6. The average Bonchev–Trinajstić information content (AvgIpc) is 2.47. The van der Waals surface area contributed by atoms with Crippen molar-refractivity contribution in [1.82, 2.24) is 9.88 Å². The van der Waals surface area contributed by atoms with Crippen molar-refractivity contribution >= 4 is 17.5 Å². The summed E-state index contributed by atoms with van der Waals surface area (Å²) in [4.78, 5) is 29.1. The lowest BCUT2D eigenvalue weighted by Crippen LogP contribution is -2.47. The standard InChI is InChI=1S/C12H16N4O5/c17-6-5-14-1-3-15(4-2-14)11-10(12(18)19)7-9(8-13-11)16(20)21/h7-8,17H,1-6H2,(H,18,19). The first-order chi connectivity index (χ1) is 10.0. The fraction of sp³-hybridized carbons (Fsp3) is 0.500. The Labute approximate surface area is 120 Å². The second kappa shape index (κ2) is 6.46. The van der Waals surface area contributed by atoms with E-state index in [4.69, 9.17) is 5.11 Å². The Balaban J connectivity index is 2.20. The zero-order valence-corrected chi connectivity index (χ0v) is 11.3. The van der Waals surface area contributed by atoms with Gasteiger partial charge < -0.3 is 15.1 Å². The Kier molecular flexibility index (Phi) is 4.66. The number of aliphatic hydroxyl groups excluding tert-OH is 1. The summed E-state index contributed by atoms with van der Waals surface area (Å²) in [6, 6.07) is 1.03. The summed E-state index contributed by atoms with van der Waals surface area (Å²) in [7, 11) is 0. The number of aromatic carboxylic acids is 1. The smallest absolute Gasteiger partial charge is 0.339 e. The predicted molar refractivity (Wildman–Crippen MR) is 73.6 cm³/mol. The van der Waals surface area contributed by atoms with Gasteiger partial charge in [0.2, 0.25) is 0 Å². The summed E-state index contributed by atoms with van der Waals surface area (Å²) in [5, 5.41) is 28.8. The van der Waals surface area contributed by atoms with Gasteiger partial charge in [0.05, 0.1) is 11.5 Å². The van der Waals surface area contributed by atoms with Crippen LogP contribution in [0.15, 0.2) is 12.3 Å². The molecule has 1 fully saturated rings. The van der Waals surface area contributed by atoms with E-state index >= 15 is 0 Å². The molecule has 9 heteroatoms. The summed E-state index contributed by atoms with van der Waals surface area (Å²) in [5.41, 5.74) is -0.505. The molecule has 1 aromatic rings. The minimum absolute atomic E-state index is 0.0795. The van der Waals surface area contributed by atoms with Crippen molar-refractivity contribution in [2.45, 2.75) is 0 Å². The summed E-state index contributed by atoms with van der Waals surface area (Å²) in [5.74, 6) is -0.990. The quantitative estimate of drug-likeness (QED) is 0.566. The topological polar surface area (TPSA) is 120 Å². The lowest BCUT2D eigenvalue weighted by Gasteiger charge is -2.35. The molecule has 21 heavy (non-hydrogen) atoms. The maximum absolute atomic E-state index is 11.3. The van der Waals surface area contributed by atoms with Crippen LogP contribution in [-0.4, -0.2) is 70.3 Å². The molecule has 9 nitrogen and oxygen atoms in total. The first kappa shape index (κ1) is 15.1. The number of carbonyl (C=O) groups is 1. The number of rotatable bonds is 5. The highest BCUT2D eigenvalue weighted by molar-refractivity contribution is 5.94. The third kappa shape index (κ3) is 3.44. The second-order valence-electron chi connectivity index (χ2n) is 4.68. The van der Waals surface area contributed by atoms with Gasteiger partial charge in [0.1, 0.15) is 17.6 Å². The predicted octanol–water partition coefficient (Wildman–Crippen LogP) is -0.198. The Morgan fingerprint density at radius 1 is 1.38 bits per heavy atom. The van der Waals surface area contributed by atoms with Crippen molar-refractivity contribution in [2.24, 2.45) is 0 Å². The van der Waals surface area contributed by atoms with Crippen molar-refractivity contribution in [1.29, 1.82) is 0 Å². The number of aromatic nitrogens is 1. The third-order valence-electron chi connectivity index (χ3n) is 3.38. The number of piperazine rings is 1. The molecule has 0 saturated carbocycles. The fourth-order valence-corrected chi connectivity index (χ4v) is 2.28. The van der Waals surface area contributed by atoms with Gasteiger partial charge in [-0.25, -0.2) is 9.78 Å². The molecule has 0 aliphatic carbocycles. The molecular formula is C12H16N4O5. The second-order valence-corrected chi connectivity index (χ2v) is 4.68. The minimum atomic E-state index is -1.24. The monoisotopic (exact) mass is 296 g/mol. The van der Waals surface area contributed by atoms with E-state index in [2.05, 4.69) is 9.88 Å². The van der Waals surface area contributed by atoms with Crippen molar-refractivity contribution in [3.63, 3.8) is 0 Å². The summed E-state index contributed by atoms with van der Waals surface area (Å²) in [6.07, 6.45) is 1.07. The van der Waals surface area contributed by atoms with Crippen molar-refractivity contribution in [2.75, 3.05) is 44.2 Å². The van der Waals surface area contributed by atoms with E-state index in [9.17, 15) is 20.0 Å². The molecule has 0 bridgehead atoms. The maximum Gasteiger partial charge on any atom is 0.339 e. The zero-order chi connectivity index (χ0) is 15.4. The van der Waals surface area contributed by atoms with Gasteiger partial charge >= 0.3 is 5.97 Å². The number of pyridine rings is 1. The van der Waals surface area contributed by atoms with E-state index in [1.165, 1.54) is 0 Å². The first-order valence-corrected chi connectivity index (χ1v) is 6.49. The molecule has 0 amide bonds. The van der Waals surface area contributed by atoms with Crippen LogP contribution in [0.4, 0.5) is 11.5 Å². The van der Waals surface area contributed by atoms with Crippen molar-refractivity contribution in [3.05, 3.63) is 27.9 Å². The van der Waals surface area contributed by atoms with Crippen LogP contribution in [0.1, 0.15) is 10.4 Å². The molecular weight excluding hydrogens is 280 g/mol. The van der Waals surface area contributed by atoms with Gasteiger partial charge in [0.25, 0.3) is 5.69 Å². The van der Waals surface area contributed by atoms with E-state index in [0.29, 0.717) is 32.7 Å². The van der Waals surface area contributed by atoms with Crippen LogP contribution in [-0.2, 0) is 0 Å². The molecule has 1 aromatic heterocycles. The van der Waals surface area contributed by atoms with Gasteiger partial charge in [-0.2, -0.15) is 0 Å². The number of hydrogen-bond acceptors (Lipinski definition) is 7. The molecule has 0 spiro atoms. The lowest BCUT2D eigenvalue weighted by molar-refractivity contribution is -0.385. The number of nitro groups is 1. The number of carboxylic acid groups (broad SMARTS) is 1.